The van der Waals surface area contributed by atoms with Crippen LogP contribution in [0.25, 0.3) is 32.9 Å². The number of alkyl halides is 6. The van der Waals surface area contributed by atoms with Crippen LogP contribution in [0.15, 0.2) is 73.1 Å². The summed E-state index contributed by atoms with van der Waals surface area (Å²) in [4.78, 5) is 7.74. The fourth-order valence-electron chi connectivity index (χ4n) is 4.42. The number of anilines is 2. The molecule has 3 aromatic carbocycles. The van der Waals surface area contributed by atoms with E-state index in [1.165, 1.54) is 30.3 Å². The minimum atomic E-state index is -4.68. The van der Waals surface area contributed by atoms with Crippen molar-refractivity contribution in [1.29, 1.82) is 10.5 Å². The average molecular weight is 533 g/mol. The van der Waals surface area contributed by atoms with Gasteiger partial charge in [-0.3, -0.25) is 9.97 Å². The second-order valence-corrected chi connectivity index (χ2v) is 8.42. The molecule has 5 rings (SSSR count). The number of nitrogens with one attached hydrogen (secondary N) is 1. The molecule has 2 aromatic heterocycles. The van der Waals surface area contributed by atoms with Crippen molar-refractivity contribution in [2.75, 3.05) is 5.32 Å². The number of rotatable bonds is 3. The molecule has 0 aliphatic rings. The molecule has 11 heteroatoms. The number of halogens is 6. The highest BCUT2D eigenvalue weighted by molar-refractivity contribution is 6.00. The van der Waals surface area contributed by atoms with Crippen LogP contribution >= 0.6 is 0 Å². The van der Waals surface area contributed by atoms with Gasteiger partial charge in [-0.15, -0.1) is 0 Å². The lowest BCUT2D eigenvalue weighted by Gasteiger charge is -2.16. The van der Waals surface area contributed by atoms with Crippen molar-refractivity contribution in [3.8, 4) is 23.3 Å². The van der Waals surface area contributed by atoms with Gasteiger partial charge < -0.3 is 5.32 Å². The quantitative estimate of drug-likeness (QED) is 0.238. The molecule has 0 bridgehead atoms. The smallest absolute Gasteiger partial charge is 0.354 e. The van der Waals surface area contributed by atoms with Crippen LogP contribution in [0, 0.1) is 22.7 Å². The molecule has 0 spiro atoms. The third-order valence-corrected chi connectivity index (χ3v) is 6.07. The first kappa shape index (κ1) is 25.5. The maximum absolute atomic E-state index is 13.6. The average Bonchev–Trinajstić information content (AvgIpc) is 2.91. The highest BCUT2D eigenvalue weighted by Crippen LogP contribution is 2.40. The number of nitrogens with zero attached hydrogens (tertiary/aromatic N) is 4. The Hall–Kier alpha value is -5.16. The molecule has 1 N–H and O–H groups in total. The van der Waals surface area contributed by atoms with Crippen molar-refractivity contribution in [2.24, 2.45) is 0 Å². The summed E-state index contributed by atoms with van der Waals surface area (Å²) in [5.41, 5.74) is -1.65. The predicted octanol–water partition coefficient (Wildman–Crippen LogP) is 7.97. The second-order valence-electron chi connectivity index (χ2n) is 8.42. The zero-order chi connectivity index (χ0) is 27.9. The van der Waals surface area contributed by atoms with Gasteiger partial charge in [0.05, 0.1) is 39.0 Å². The van der Waals surface area contributed by atoms with Gasteiger partial charge in [-0.1, -0.05) is 36.4 Å². The highest BCUT2D eigenvalue weighted by Gasteiger charge is 2.34. The molecule has 5 aromatic rings. The second kappa shape index (κ2) is 9.30. The van der Waals surface area contributed by atoms with Crippen molar-refractivity contribution >= 4 is 33.2 Å². The molecular weight excluding hydrogens is 520 g/mol. The summed E-state index contributed by atoms with van der Waals surface area (Å²) in [6, 6.07) is 17.1. The number of nitriles is 2. The minimum absolute atomic E-state index is 0.0193. The van der Waals surface area contributed by atoms with E-state index in [-0.39, 0.29) is 44.2 Å². The summed E-state index contributed by atoms with van der Waals surface area (Å²) in [6.07, 6.45) is -7.25. The fraction of sp³-hybridized carbons (Fsp3) is 0.0714. The van der Waals surface area contributed by atoms with Crippen LogP contribution in [-0.2, 0) is 12.4 Å². The Bertz CT molecular complexity index is 1850. The molecule has 5 nitrogen and oxygen atoms in total. The third-order valence-electron chi connectivity index (χ3n) is 6.07. The van der Waals surface area contributed by atoms with Crippen LogP contribution < -0.4 is 5.32 Å². The van der Waals surface area contributed by atoms with Crippen LogP contribution in [0.5, 0.6) is 0 Å². The molecule has 0 saturated carbocycles. The monoisotopic (exact) mass is 533 g/mol. The summed E-state index contributed by atoms with van der Waals surface area (Å²) in [5.74, 6) is 0. The number of aromatic nitrogens is 2. The molecule has 0 aliphatic heterocycles. The fourth-order valence-corrected chi connectivity index (χ4v) is 4.42. The number of fused-ring (bicyclic) bond motifs is 2. The molecular formula is C28H13F6N5. The summed E-state index contributed by atoms with van der Waals surface area (Å²) in [7, 11) is 0. The van der Waals surface area contributed by atoms with E-state index in [9.17, 15) is 36.9 Å². The number of hydrogen-bond donors (Lipinski definition) is 1. The van der Waals surface area contributed by atoms with Gasteiger partial charge in [0.2, 0.25) is 0 Å². The molecule has 0 atom stereocenters. The van der Waals surface area contributed by atoms with E-state index in [1.807, 2.05) is 12.1 Å². The molecule has 0 unspecified atom stereocenters. The Labute approximate surface area is 216 Å². The molecule has 0 amide bonds. The van der Waals surface area contributed by atoms with Crippen molar-refractivity contribution in [1.82, 2.24) is 9.97 Å². The zero-order valence-corrected chi connectivity index (χ0v) is 19.5. The van der Waals surface area contributed by atoms with Gasteiger partial charge in [0.25, 0.3) is 0 Å². The van der Waals surface area contributed by atoms with Gasteiger partial charge in [-0.05, 0) is 29.8 Å². The lowest BCUT2D eigenvalue weighted by molar-refractivity contribution is -0.137. The summed E-state index contributed by atoms with van der Waals surface area (Å²) in [5, 5.41) is 22.4. The number of hydrogen-bond acceptors (Lipinski definition) is 5. The van der Waals surface area contributed by atoms with E-state index in [2.05, 4.69) is 15.3 Å². The van der Waals surface area contributed by atoms with Crippen molar-refractivity contribution in [3.63, 3.8) is 0 Å². The third kappa shape index (κ3) is 4.55. The highest BCUT2D eigenvalue weighted by atomic mass is 19.4. The SMILES string of the molecule is N#Cc1cnc2c(C(F)(F)F)cccc2c1Nc1cccc(-c2c(C#N)cnc3c(C(F)(F)F)cccc23)c1. The molecule has 192 valence electrons. The standard InChI is InChI=1S/C28H13F6N5/c29-27(30,31)21-8-2-6-19-23(16(11-35)13-37-25(19)21)15-4-1-5-18(10-15)39-24-17(12-36)14-38-26-20(24)7-3-9-22(26)28(32,33)34/h1-10,13-14H,(H,38,39). The van der Waals surface area contributed by atoms with Crippen LogP contribution in [-0.4, -0.2) is 9.97 Å². The molecule has 0 radical (unpaired) electrons. The van der Waals surface area contributed by atoms with E-state index in [1.54, 1.807) is 18.2 Å². The lowest BCUT2D eigenvalue weighted by atomic mass is 9.95. The van der Waals surface area contributed by atoms with Crippen molar-refractivity contribution < 1.29 is 26.3 Å². The first-order valence-electron chi connectivity index (χ1n) is 11.2. The van der Waals surface area contributed by atoms with Gasteiger partial charge in [0, 0.05) is 34.4 Å². The Balaban J connectivity index is 1.69. The van der Waals surface area contributed by atoms with Gasteiger partial charge in [0.1, 0.15) is 12.1 Å². The van der Waals surface area contributed by atoms with E-state index >= 15 is 0 Å². The van der Waals surface area contributed by atoms with Crippen LogP contribution in [0.2, 0.25) is 0 Å². The van der Waals surface area contributed by atoms with Crippen LogP contribution in [0.3, 0.4) is 0 Å². The molecule has 0 fully saturated rings. The molecule has 39 heavy (non-hydrogen) atoms. The normalized spacial score (nSPS) is 11.8. The Morgan fingerprint density at radius 3 is 1.79 bits per heavy atom. The maximum atomic E-state index is 13.6. The predicted molar refractivity (Wildman–Crippen MR) is 132 cm³/mol. The van der Waals surface area contributed by atoms with Crippen LogP contribution in [0.1, 0.15) is 22.3 Å². The Kier molecular flexibility index (Phi) is 6.08. The molecule has 2 heterocycles. The van der Waals surface area contributed by atoms with Gasteiger partial charge in [-0.2, -0.15) is 36.9 Å². The minimum Gasteiger partial charge on any atom is -0.354 e. The summed E-state index contributed by atoms with van der Waals surface area (Å²) in [6.45, 7) is 0. The van der Waals surface area contributed by atoms with Gasteiger partial charge in [0.15, 0.2) is 0 Å². The zero-order valence-electron chi connectivity index (χ0n) is 19.5. The maximum Gasteiger partial charge on any atom is 0.418 e. The van der Waals surface area contributed by atoms with Crippen LogP contribution in [0.4, 0.5) is 37.7 Å². The van der Waals surface area contributed by atoms with E-state index in [0.717, 1.165) is 24.5 Å². The summed E-state index contributed by atoms with van der Waals surface area (Å²) >= 11 is 0. The first-order chi connectivity index (χ1) is 18.5. The van der Waals surface area contributed by atoms with Crippen molar-refractivity contribution in [2.45, 2.75) is 12.4 Å². The Morgan fingerprint density at radius 2 is 1.21 bits per heavy atom. The number of pyridine rings is 2. The van der Waals surface area contributed by atoms with E-state index in [0.29, 0.717) is 11.3 Å². The van der Waals surface area contributed by atoms with Gasteiger partial charge in [-0.25, -0.2) is 0 Å². The molecule has 0 aliphatic carbocycles. The van der Waals surface area contributed by atoms with Crippen molar-refractivity contribution in [3.05, 3.63) is 95.3 Å². The van der Waals surface area contributed by atoms with E-state index in [4.69, 9.17) is 0 Å². The van der Waals surface area contributed by atoms with Gasteiger partial charge >= 0.3 is 12.4 Å². The lowest BCUT2D eigenvalue weighted by Crippen LogP contribution is -2.07. The first-order valence-corrected chi connectivity index (χ1v) is 11.2. The largest absolute Gasteiger partial charge is 0.418 e. The molecule has 0 saturated heterocycles. The van der Waals surface area contributed by atoms with E-state index < -0.39 is 23.5 Å². The Morgan fingerprint density at radius 1 is 0.667 bits per heavy atom. The summed E-state index contributed by atoms with van der Waals surface area (Å²) < 4.78 is 81.6. The topological polar surface area (TPSA) is 85.4 Å². The number of para-hydroxylation sites is 2. The number of benzene rings is 3.